The van der Waals surface area contributed by atoms with Crippen LogP contribution >= 0.6 is 0 Å². The van der Waals surface area contributed by atoms with Crippen LogP contribution < -0.4 is 19.5 Å². The topological polar surface area (TPSA) is 124 Å². The molecular formula is C22H21N5O5. The molecule has 0 aliphatic carbocycles. The molecule has 0 aliphatic heterocycles. The van der Waals surface area contributed by atoms with Crippen LogP contribution in [-0.2, 0) is 6.54 Å². The number of carbonyl (C=O) groups is 1. The average Bonchev–Trinajstić information content (AvgIpc) is 3.52. The van der Waals surface area contributed by atoms with Gasteiger partial charge in [0.2, 0.25) is 17.5 Å². The molecule has 0 unspecified atom stereocenters. The van der Waals surface area contributed by atoms with Crippen molar-refractivity contribution in [1.82, 2.24) is 25.7 Å². The van der Waals surface area contributed by atoms with Gasteiger partial charge in [-0.05, 0) is 18.2 Å². The Morgan fingerprint density at radius 3 is 2.38 bits per heavy atom. The van der Waals surface area contributed by atoms with E-state index < -0.39 is 0 Å². The Labute approximate surface area is 183 Å². The second-order valence-corrected chi connectivity index (χ2v) is 6.64. The number of hydrogen-bond donors (Lipinski definition) is 2. The van der Waals surface area contributed by atoms with Crippen LogP contribution in [0.2, 0.25) is 0 Å². The van der Waals surface area contributed by atoms with E-state index >= 15 is 0 Å². The number of ether oxygens (including phenoxy) is 3. The van der Waals surface area contributed by atoms with Crippen LogP contribution in [0.3, 0.4) is 0 Å². The summed E-state index contributed by atoms with van der Waals surface area (Å²) >= 11 is 0. The van der Waals surface area contributed by atoms with E-state index in [1.807, 2.05) is 30.3 Å². The van der Waals surface area contributed by atoms with Crippen molar-refractivity contribution in [3.63, 3.8) is 0 Å². The molecule has 164 valence electrons. The van der Waals surface area contributed by atoms with Gasteiger partial charge in [-0.3, -0.25) is 9.89 Å². The van der Waals surface area contributed by atoms with E-state index in [0.29, 0.717) is 40.2 Å². The molecule has 0 bridgehead atoms. The van der Waals surface area contributed by atoms with Gasteiger partial charge in [0.25, 0.3) is 5.91 Å². The number of methoxy groups -OCH3 is 3. The molecule has 10 nitrogen and oxygen atoms in total. The van der Waals surface area contributed by atoms with E-state index in [9.17, 15) is 4.79 Å². The van der Waals surface area contributed by atoms with E-state index in [1.54, 1.807) is 18.2 Å². The molecule has 0 saturated carbocycles. The zero-order chi connectivity index (χ0) is 22.5. The van der Waals surface area contributed by atoms with Crippen LogP contribution in [0.15, 0.2) is 53.1 Å². The quantitative estimate of drug-likeness (QED) is 0.433. The van der Waals surface area contributed by atoms with Crippen LogP contribution in [0.1, 0.15) is 16.4 Å². The summed E-state index contributed by atoms with van der Waals surface area (Å²) in [7, 11) is 4.60. The van der Waals surface area contributed by atoms with Crippen LogP contribution in [0.4, 0.5) is 0 Å². The fraction of sp³-hybridized carbons (Fsp3) is 0.182. The summed E-state index contributed by atoms with van der Waals surface area (Å²) in [6.45, 7) is 0.0806. The lowest BCUT2D eigenvalue weighted by Crippen LogP contribution is -2.23. The largest absolute Gasteiger partial charge is 0.493 e. The molecule has 0 saturated heterocycles. The number of nitrogens with zero attached hydrogens (tertiary/aromatic N) is 3. The fourth-order valence-electron chi connectivity index (χ4n) is 3.10. The predicted molar refractivity (Wildman–Crippen MR) is 115 cm³/mol. The van der Waals surface area contributed by atoms with Gasteiger partial charge in [-0.2, -0.15) is 10.1 Å². The highest BCUT2D eigenvalue weighted by atomic mass is 16.5. The second kappa shape index (κ2) is 9.21. The Bertz CT molecular complexity index is 1190. The minimum atomic E-state index is -0.365. The fourth-order valence-corrected chi connectivity index (χ4v) is 3.10. The molecule has 4 aromatic rings. The molecule has 0 spiro atoms. The molecule has 2 heterocycles. The first kappa shape index (κ1) is 20.9. The lowest BCUT2D eigenvalue weighted by atomic mass is 10.1. The first-order valence-electron chi connectivity index (χ1n) is 9.65. The van der Waals surface area contributed by atoms with E-state index in [4.69, 9.17) is 18.7 Å². The highest BCUT2D eigenvalue weighted by Crippen LogP contribution is 2.40. The van der Waals surface area contributed by atoms with Gasteiger partial charge in [0.05, 0.1) is 33.6 Å². The summed E-state index contributed by atoms with van der Waals surface area (Å²) in [5.74, 6) is 1.84. The van der Waals surface area contributed by atoms with Gasteiger partial charge in [-0.15, -0.1) is 0 Å². The third kappa shape index (κ3) is 4.24. The zero-order valence-electron chi connectivity index (χ0n) is 17.7. The van der Waals surface area contributed by atoms with Crippen molar-refractivity contribution >= 4 is 5.91 Å². The van der Waals surface area contributed by atoms with Crippen LogP contribution in [0.5, 0.6) is 17.2 Å². The Hall–Kier alpha value is -4.34. The van der Waals surface area contributed by atoms with Gasteiger partial charge in [0, 0.05) is 11.1 Å². The van der Waals surface area contributed by atoms with Gasteiger partial charge in [-0.1, -0.05) is 35.5 Å². The van der Waals surface area contributed by atoms with E-state index in [2.05, 4.69) is 25.7 Å². The summed E-state index contributed by atoms with van der Waals surface area (Å²) in [5.41, 5.74) is 2.34. The second-order valence-electron chi connectivity index (χ2n) is 6.64. The average molecular weight is 435 g/mol. The van der Waals surface area contributed by atoms with E-state index in [-0.39, 0.29) is 18.1 Å². The smallest absolute Gasteiger partial charge is 0.269 e. The van der Waals surface area contributed by atoms with Crippen LogP contribution in [0.25, 0.3) is 22.6 Å². The standard InChI is InChI=1S/C22H21N5O5/c1-29-17-9-14(10-18(30-2)20(17)31-3)15-11-16(26-25-15)22(28)23-12-19-24-21(27-32-19)13-7-5-4-6-8-13/h4-11H,12H2,1-3H3,(H,23,28)(H,25,26). The number of nitrogens with one attached hydrogen (secondary N) is 2. The molecule has 1 amide bonds. The summed E-state index contributed by atoms with van der Waals surface area (Å²) in [6, 6.07) is 14.6. The number of aromatic amines is 1. The highest BCUT2D eigenvalue weighted by molar-refractivity contribution is 5.93. The number of hydrogen-bond acceptors (Lipinski definition) is 8. The Morgan fingerprint density at radius 2 is 1.72 bits per heavy atom. The zero-order valence-corrected chi connectivity index (χ0v) is 17.7. The molecule has 32 heavy (non-hydrogen) atoms. The molecule has 2 aromatic heterocycles. The molecule has 4 rings (SSSR count). The van der Waals surface area contributed by atoms with Gasteiger partial charge in [-0.25, -0.2) is 0 Å². The minimum absolute atomic E-state index is 0.0806. The van der Waals surface area contributed by atoms with Gasteiger partial charge in [0.1, 0.15) is 5.69 Å². The third-order valence-electron chi connectivity index (χ3n) is 4.68. The normalized spacial score (nSPS) is 10.6. The predicted octanol–water partition coefficient (Wildman–Crippen LogP) is 3.08. The van der Waals surface area contributed by atoms with Crippen molar-refractivity contribution in [2.75, 3.05) is 21.3 Å². The molecule has 2 N–H and O–H groups in total. The van der Waals surface area contributed by atoms with Crippen molar-refractivity contribution in [2.24, 2.45) is 0 Å². The molecular weight excluding hydrogens is 414 g/mol. The maximum Gasteiger partial charge on any atom is 0.269 e. The molecule has 0 fully saturated rings. The maximum atomic E-state index is 12.5. The van der Waals surface area contributed by atoms with Crippen molar-refractivity contribution in [3.8, 4) is 39.9 Å². The van der Waals surface area contributed by atoms with Gasteiger partial charge < -0.3 is 24.1 Å². The summed E-state index contributed by atoms with van der Waals surface area (Å²) < 4.78 is 21.3. The Morgan fingerprint density at radius 1 is 1.00 bits per heavy atom. The van der Waals surface area contributed by atoms with Crippen molar-refractivity contribution in [2.45, 2.75) is 6.54 Å². The number of H-pyrrole nitrogens is 1. The highest BCUT2D eigenvalue weighted by Gasteiger charge is 2.18. The third-order valence-corrected chi connectivity index (χ3v) is 4.68. The van der Waals surface area contributed by atoms with Crippen molar-refractivity contribution in [1.29, 1.82) is 0 Å². The van der Waals surface area contributed by atoms with Crippen LogP contribution in [-0.4, -0.2) is 47.6 Å². The Balaban J connectivity index is 1.46. The van der Waals surface area contributed by atoms with Gasteiger partial charge in [0.15, 0.2) is 11.5 Å². The number of benzene rings is 2. The number of rotatable bonds is 8. The molecule has 2 aromatic carbocycles. The SMILES string of the molecule is COc1cc(-c2cc(C(=O)NCc3nc(-c4ccccc4)no3)[nH]n2)cc(OC)c1OC. The minimum Gasteiger partial charge on any atom is -0.493 e. The lowest BCUT2D eigenvalue weighted by Gasteiger charge is -2.13. The Kier molecular flexibility index (Phi) is 6.02. The first-order valence-corrected chi connectivity index (χ1v) is 9.65. The number of aromatic nitrogens is 4. The molecule has 0 atom stereocenters. The summed E-state index contributed by atoms with van der Waals surface area (Å²) in [4.78, 5) is 16.8. The maximum absolute atomic E-state index is 12.5. The molecule has 0 radical (unpaired) electrons. The van der Waals surface area contributed by atoms with Crippen LogP contribution in [0, 0.1) is 0 Å². The van der Waals surface area contributed by atoms with Crippen molar-refractivity contribution < 1.29 is 23.5 Å². The van der Waals surface area contributed by atoms with Crippen molar-refractivity contribution in [3.05, 3.63) is 60.1 Å². The number of amides is 1. The summed E-state index contributed by atoms with van der Waals surface area (Å²) in [6.07, 6.45) is 0. The number of carbonyl (C=O) groups excluding carboxylic acids is 1. The first-order chi connectivity index (χ1) is 15.6. The van der Waals surface area contributed by atoms with E-state index in [0.717, 1.165) is 5.56 Å². The monoisotopic (exact) mass is 435 g/mol. The summed E-state index contributed by atoms with van der Waals surface area (Å²) in [5, 5.41) is 13.6. The van der Waals surface area contributed by atoms with Gasteiger partial charge >= 0.3 is 0 Å². The molecule has 0 aliphatic rings. The molecule has 10 heteroatoms. The lowest BCUT2D eigenvalue weighted by molar-refractivity contribution is 0.0941. The van der Waals surface area contributed by atoms with E-state index in [1.165, 1.54) is 21.3 Å².